The highest BCUT2D eigenvalue weighted by atomic mass is 16.5. The summed E-state index contributed by atoms with van der Waals surface area (Å²) in [6.07, 6.45) is 2.72. The number of hydrogen-bond donors (Lipinski definition) is 0. The molecule has 0 saturated heterocycles. The van der Waals surface area contributed by atoms with Crippen LogP contribution in [0.2, 0.25) is 0 Å². The van der Waals surface area contributed by atoms with Crippen LogP contribution in [-0.2, 0) is 23.9 Å². The van der Waals surface area contributed by atoms with Gasteiger partial charge in [-0.2, -0.15) is 0 Å². The van der Waals surface area contributed by atoms with Crippen LogP contribution < -0.4 is 0 Å². The van der Waals surface area contributed by atoms with Crippen molar-refractivity contribution in [2.45, 2.75) is 40.5 Å². The Balaban J connectivity index is 0. The fraction of sp³-hybridized carbons (Fsp3) is 0.667. The van der Waals surface area contributed by atoms with Crippen LogP contribution in [-0.4, -0.2) is 31.4 Å². The molecule has 0 N–H and O–H groups in total. The van der Waals surface area contributed by atoms with Gasteiger partial charge in [-0.1, -0.05) is 34.3 Å². The summed E-state index contributed by atoms with van der Waals surface area (Å²) in [5.74, 6) is -0.797. The highest BCUT2D eigenvalue weighted by Crippen LogP contribution is 2.02. The lowest BCUT2D eigenvalue weighted by Gasteiger charge is -2.06. The van der Waals surface area contributed by atoms with Crippen molar-refractivity contribution in [3.63, 3.8) is 0 Å². The summed E-state index contributed by atoms with van der Waals surface area (Å²) in [7, 11) is 1.41. The number of ketones is 1. The summed E-state index contributed by atoms with van der Waals surface area (Å²) in [6.45, 7) is 10.5. The highest BCUT2D eigenvalue weighted by Gasteiger charge is 2.12. The highest BCUT2D eigenvalue weighted by molar-refractivity contribution is 5.91. The molecular formula is C15H26O5. The molecule has 0 aliphatic rings. The van der Waals surface area contributed by atoms with E-state index in [1.807, 2.05) is 20.8 Å². The third-order valence-corrected chi connectivity index (χ3v) is 2.82. The maximum atomic E-state index is 11.0. The van der Waals surface area contributed by atoms with Crippen LogP contribution in [0.5, 0.6) is 0 Å². The fourth-order valence-electron chi connectivity index (χ4n) is 0.878. The minimum absolute atomic E-state index is 0.0556. The molecule has 116 valence electrons. The van der Waals surface area contributed by atoms with E-state index in [0.717, 1.165) is 18.9 Å². The van der Waals surface area contributed by atoms with Crippen LogP contribution in [0.4, 0.5) is 0 Å². The van der Waals surface area contributed by atoms with E-state index < -0.39 is 0 Å². The SMILES string of the molecule is C=CC(=O)COC(=O)C(C)CC.CCC(C)C(=O)OC. The third kappa shape index (κ3) is 10.3. The van der Waals surface area contributed by atoms with Gasteiger partial charge in [-0.15, -0.1) is 0 Å². The molecule has 0 aliphatic heterocycles. The van der Waals surface area contributed by atoms with Gasteiger partial charge in [-0.25, -0.2) is 0 Å². The molecule has 0 saturated carbocycles. The smallest absolute Gasteiger partial charge is 0.309 e. The zero-order chi connectivity index (χ0) is 16.1. The van der Waals surface area contributed by atoms with Gasteiger partial charge >= 0.3 is 11.9 Å². The van der Waals surface area contributed by atoms with Gasteiger partial charge in [0.1, 0.15) is 0 Å². The Hall–Kier alpha value is -1.65. The van der Waals surface area contributed by atoms with Crippen molar-refractivity contribution in [3.8, 4) is 0 Å². The lowest BCUT2D eigenvalue weighted by atomic mass is 10.1. The lowest BCUT2D eigenvalue weighted by Crippen LogP contribution is -2.17. The van der Waals surface area contributed by atoms with Gasteiger partial charge in [0.2, 0.25) is 0 Å². The van der Waals surface area contributed by atoms with Crippen molar-refractivity contribution in [2.75, 3.05) is 13.7 Å². The Morgan fingerprint density at radius 3 is 1.80 bits per heavy atom. The topological polar surface area (TPSA) is 69.7 Å². The molecule has 0 aromatic rings. The van der Waals surface area contributed by atoms with Crippen LogP contribution in [0.15, 0.2) is 12.7 Å². The largest absolute Gasteiger partial charge is 0.469 e. The van der Waals surface area contributed by atoms with Gasteiger partial charge in [0.15, 0.2) is 12.4 Å². The first kappa shape index (κ1) is 20.7. The average molecular weight is 286 g/mol. The molecule has 0 aliphatic carbocycles. The second-order valence-electron chi connectivity index (χ2n) is 4.42. The van der Waals surface area contributed by atoms with Crippen LogP contribution in [0.3, 0.4) is 0 Å². The molecule has 20 heavy (non-hydrogen) atoms. The number of hydrogen-bond acceptors (Lipinski definition) is 5. The second-order valence-corrected chi connectivity index (χ2v) is 4.42. The number of ether oxygens (including phenoxy) is 2. The summed E-state index contributed by atoms with van der Waals surface area (Å²) in [6, 6.07) is 0. The Labute approximate surface area is 121 Å². The molecule has 0 aromatic carbocycles. The Morgan fingerprint density at radius 2 is 1.50 bits per heavy atom. The van der Waals surface area contributed by atoms with E-state index in [2.05, 4.69) is 16.1 Å². The molecule has 0 radical (unpaired) electrons. The fourth-order valence-corrected chi connectivity index (χ4v) is 0.878. The molecule has 2 unspecified atom stereocenters. The number of rotatable bonds is 7. The van der Waals surface area contributed by atoms with E-state index in [9.17, 15) is 14.4 Å². The van der Waals surface area contributed by atoms with Crippen molar-refractivity contribution in [1.29, 1.82) is 0 Å². The van der Waals surface area contributed by atoms with Crippen LogP contribution in [0.25, 0.3) is 0 Å². The summed E-state index contributed by atoms with van der Waals surface area (Å²) >= 11 is 0. The molecule has 0 fully saturated rings. The number of esters is 2. The molecule has 0 bridgehead atoms. The second kappa shape index (κ2) is 12.4. The molecule has 0 spiro atoms. The number of methoxy groups -OCH3 is 1. The van der Waals surface area contributed by atoms with E-state index >= 15 is 0 Å². The van der Waals surface area contributed by atoms with E-state index in [0.29, 0.717) is 0 Å². The quantitative estimate of drug-likeness (QED) is 0.531. The third-order valence-electron chi connectivity index (χ3n) is 2.82. The van der Waals surface area contributed by atoms with Crippen LogP contribution >= 0.6 is 0 Å². The van der Waals surface area contributed by atoms with Crippen LogP contribution in [0, 0.1) is 11.8 Å². The van der Waals surface area contributed by atoms with Crippen molar-refractivity contribution in [1.82, 2.24) is 0 Å². The first-order valence-electron chi connectivity index (χ1n) is 6.73. The summed E-state index contributed by atoms with van der Waals surface area (Å²) < 4.78 is 9.15. The molecule has 0 heterocycles. The first-order valence-corrected chi connectivity index (χ1v) is 6.73. The Morgan fingerprint density at radius 1 is 1.05 bits per heavy atom. The van der Waals surface area contributed by atoms with E-state index in [-0.39, 0.29) is 36.2 Å². The number of carbonyl (C=O) groups excluding carboxylic acids is 3. The lowest BCUT2D eigenvalue weighted by molar-refractivity contribution is -0.150. The molecule has 0 amide bonds. The maximum absolute atomic E-state index is 11.0. The summed E-state index contributed by atoms with van der Waals surface area (Å²) in [5.41, 5.74) is 0. The molecule has 5 heteroatoms. The van der Waals surface area contributed by atoms with Crippen molar-refractivity contribution in [3.05, 3.63) is 12.7 Å². The maximum Gasteiger partial charge on any atom is 0.309 e. The van der Waals surface area contributed by atoms with Gasteiger partial charge in [-0.3, -0.25) is 14.4 Å². The van der Waals surface area contributed by atoms with E-state index in [4.69, 9.17) is 0 Å². The van der Waals surface area contributed by atoms with Gasteiger partial charge < -0.3 is 9.47 Å². The molecule has 0 aromatic heterocycles. The zero-order valence-electron chi connectivity index (χ0n) is 13.1. The monoisotopic (exact) mass is 286 g/mol. The van der Waals surface area contributed by atoms with Gasteiger partial charge in [0, 0.05) is 0 Å². The number of carbonyl (C=O) groups is 3. The van der Waals surface area contributed by atoms with Crippen molar-refractivity contribution in [2.24, 2.45) is 11.8 Å². The van der Waals surface area contributed by atoms with Gasteiger partial charge in [-0.05, 0) is 18.9 Å². The van der Waals surface area contributed by atoms with Crippen molar-refractivity contribution >= 4 is 17.7 Å². The molecule has 5 nitrogen and oxygen atoms in total. The van der Waals surface area contributed by atoms with Crippen molar-refractivity contribution < 1.29 is 23.9 Å². The molecular weight excluding hydrogens is 260 g/mol. The first-order chi connectivity index (χ1) is 9.33. The Bertz CT molecular complexity index is 322. The summed E-state index contributed by atoms with van der Waals surface area (Å²) in [4.78, 5) is 32.1. The molecule has 2 atom stereocenters. The molecule has 0 rings (SSSR count). The summed E-state index contributed by atoms with van der Waals surface area (Å²) in [5, 5.41) is 0. The van der Waals surface area contributed by atoms with E-state index in [1.165, 1.54) is 7.11 Å². The minimum Gasteiger partial charge on any atom is -0.469 e. The Kier molecular flexibility index (Phi) is 12.8. The normalized spacial score (nSPS) is 12.2. The minimum atomic E-state index is -0.326. The average Bonchev–Trinajstić information content (AvgIpc) is 2.49. The van der Waals surface area contributed by atoms with Gasteiger partial charge in [0.25, 0.3) is 0 Å². The zero-order valence-corrected chi connectivity index (χ0v) is 13.1. The predicted octanol–water partition coefficient (Wildman–Crippen LogP) is 2.54. The standard InChI is InChI=1S/C9H14O3.C6H12O2/c1-4-7(3)9(11)12-6-8(10)5-2;1-4-5(2)6(7)8-3/h5,7H,2,4,6H2,1,3H3;5H,4H2,1-3H3. The van der Waals surface area contributed by atoms with E-state index in [1.54, 1.807) is 6.92 Å². The predicted molar refractivity (Wildman–Crippen MR) is 77.1 cm³/mol. The van der Waals surface area contributed by atoms with Crippen LogP contribution in [0.1, 0.15) is 40.5 Å². The van der Waals surface area contributed by atoms with Gasteiger partial charge in [0.05, 0.1) is 18.9 Å².